The number of carboxylic acid groups (broad SMARTS) is 2. The van der Waals surface area contributed by atoms with Crippen LogP contribution in [0.4, 0.5) is 11.4 Å². The minimum Gasteiger partial charge on any atom is -0.481 e. The van der Waals surface area contributed by atoms with Crippen molar-refractivity contribution in [3.63, 3.8) is 0 Å². The summed E-state index contributed by atoms with van der Waals surface area (Å²) in [5.41, 5.74) is 1.28. The summed E-state index contributed by atoms with van der Waals surface area (Å²) >= 11 is 11.9. The topological polar surface area (TPSA) is 98.7 Å². The monoisotopic (exact) mass is 418 g/mol. The number of carboxylic acids is 2. The lowest BCUT2D eigenvalue weighted by molar-refractivity contribution is -0.140. The number of halogens is 2. The highest BCUT2D eigenvalue weighted by Gasteiger charge is 2.32. The molecule has 3 rings (SSSR count). The summed E-state index contributed by atoms with van der Waals surface area (Å²) in [6.45, 7) is 0. The predicted octanol–water partition coefficient (Wildman–Crippen LogP) is 4.50. The van der Waals surface area contributed by atoms with Crippen LogP contribution in [-0.2, 0) is 9.59 Å². The minimum absolute atomic E-state index is 0.0444. The fourth-order valence-corrected chi connectivity index (χ4v) is 3.27. The molecule has 0 bridgehead atoms. The summed E-state index contributed by atoms with van der Waals surface area (Å²) in [4.78, 5) is 23.6. The van der Waals surface area contributed by atoms with Crippen molar-refractivity contribution in [3.05, 3.63) is 82.0 Å². The van der Waals surface area contributed by atoms with Crippen LogP contribution >= 0.6 is 23.2 Å². The lowest BCUT2D eigenvalue weighted by Gasteiger charge is -2.27. The Labute approximate surface area is 171 Å². The molecule has 0 saturated carbocycles. The van der Waals surface area contributed by atoms with Crippen LogP contribution in [-0.4, -0.2) is 28.2 Å². The molecule has 1 aliphatic rings. The van der Waals surface area contributed by atoms with Crippen LogP contribution in [0.3, 0.4) is 0 Å². The molecule has 0 radical (unpaired) electrons. The number of anilines is 2. The highest BCUT2D eigenvalue weighted by molar-refractivity contribution is 6.31. The second-order valence-electron chi connectivity index (χ2n) is 6.15. The Kier molecular flexibility index (Phi) is 5.92. The first-order chi connectivity index (χ1) is 13.3. The van der Waals surface area contributed by atoms with Crippen LogP contribution in [0, 0.1) is 5.92 Å². The zero-order valence-corrected chi connectivity index (χ0v) is 15.9. The normalized spacial score (nSPS) is 18.6. The van der Waals surface area contributed by atoms with Gasteiger partial charge in [-0.2, -0.15) is 0 Å². The molecule has 2 aromatic rings. The van der Waals surface area contributed by atoms with Crippen molar-refractivity contribution in [3.8, 4) is 0 Å². The molecule has 0 aromatic heterocycles. The summed E-state index contributed by atoms with van der Waals surface area (Å²) in [5.74, 6) is -3.27. The highest BCUT2D eigenvalue weighted by atomic mass is 35.5. The van der Waals surface area contributed by atoms with Gasteiger partial charge >= 0.3 is 11.9 Å². The van der Waals surface area contributed by atoms with E-state index in [0.29, 0.717) is 21.4 Å². The SMILES string of the molecule is O=C(O)C1=CC(Nc2cccc(Cl)c2)C(C(=O)O)C=C1Nc1cccc(Cl)c1. The third kappa shape index (κ3) is 4.65. The molecular weight excluding hydrogens is 403 g/mol. The molecule has 2 unspecified atom stereocenters. The van der Waals surface area contributed by atoms with Crippen molar-refractivity contribution in [1.29, 1.82) is 0 Å². The first kappa shape index (κ1) is 19.8. The van der Waals surface area contributed by atoms with Gasteiger partial charge in [-0.25, -0.2) is 4.79 Å². The van der Waals surface area contributed by atoms with Gasteiger partial charge in [0.05, 0.1) is 11.6 Å². The quantitative estimate of drug-likeness (QED) is 0.551. The van der Waals surface area contributed by atoms with Gasteiger partial charge in [0, 0.05) is 27.1 Å². The summed E-state index contributed by atoms with van der Waals surface area (Å²) in [5, 5.41) is 26.2. The summed E-state index contributed by atoms with van der Waals surface area (Å²) in [6.07, 6.45) is 2.77. The number of benzene rings is 2. The number of hydrogen-bond donors (Lipinski definition) is 4. The smallest absolute Gasteiger partial charge is 0.337 e. The molecule has 4 N–H and O–H groups in total. The lowest BCUT2D eigenvalue weighted by atomic mass is 9.89. The van der Waals surface area contributed by atoms with Crippen molar-refractivity contribution in [2.45, 2.75) is 6.04 Å². The largest absolute Gasteiger partial charge is 0.481 e. The molecular formula is C20H16Cl2N2O4. The number of hydrogen-bond acceptors (Lipinski definition) is 4. The first-order valence-electron chi connectivity index (χ1n) is 8.28. The molecule has 2 aromatic carbocycles. The third-order valence-electron chi connectivity index (χ3n) is 4.15. The Morgan fingerprint density at radius 3 is 2.07 bits per heavy atom. The molecule has 0 spiro atoms. The molecule has 0 aliphatic heterocycles. The molecule has 0 saturated heterocycles. The Morgan fingerprint density at radius 1 is 0.893 bits per heavy atom. The van der Waals surface area contributed by atoms with Crippen LogP contribution < -0.4 is 10.6 Å². The number of carbonyl (C=O) groups is 2. The molecule has 28 heavy (non-hydrogen) atoms. The molecule has 0 amide bonds. The van der Waals surface area contributed by atoms with E-state index in [4.69, 9.17) is 23.2 Å². The van der Waals surface area contributed by atoms with Gasteiger partial charge < -0.3 is 20.8 Å². The van der Waals surface area contributed by atoms with Crippen LogP contribution in [0.5, 0.6) is 0 Å². The maximum absolute atomic E-state index is 11.8. The summed E-state index contributed by atoms with van der Waals surface area (Å²) < 4.78 is 0. The molecule has 0 fully saturated rings. The van der Waals surface area contributed by atoms with Crippen LogP contribution in [0.1, 0.15) is 0 Å². The van der Waals surface area contributed by atoms with E-state index in [0.717, 1.165) is 0 Å². The van der Waals surface area contributed by atoms with Gasteiger partial charge in [-0.05, 0) is 48.6 Å². The second kappa shape index (κ2) is 8.37. The maximum Gasteiger partial charge on any atom is 0.337 e. The van der Waals surface area contributed by atoms with Crippen molar-refractivity contribution >= 4 is 46.5 Å². The van der Waals surface area contributed by atoms with Crippen molar-refractivity contribution in [1.82, 2.24) is 0 Å². The van der Waals surface area contributed by atoms with E-state index in [1.165, 1.54) is 12.2 Å². The van der Waals surface area contributed by atoms with E-state index in [1.807, 2.05) is 0 Å². The Hall–Kier alpha value is -2.96. The average molecular weight is 419 g/mol. The van der Waals surface area contributed by atoms with E-state index in [2.05, 4.69) is 10.6 Å². The lowest BCUT2D eigenvalue weighted by Crippen LogP contribution is -2.36. The highest BCUT2D eigenvalue weighted by Crippen LogP contribution is 2.29. The molecule has 0 heterocycles. The van der Waals surface area contributed by atoms with Gasteiger partial charge in [0.1, 0.15) is 5.92 Å². The average Bonchev–Trinajstić information content (AvgIpc) is 2.62. The van der Waals surface area contributed by atoms with Crippen LogP contribution in [0.15, 0.2) is 72.0 Å². The van der Waals surface area contributed by atoms with Gasteiger partial charge in [-0.3, -0.25) is 4.79 Å². The summed E-state index contributed by atoms with van der Waals surface area (Å²) in [6, 6.07) is 12.7. The van der Waals surface area contributed by atoms with Crippen molar-refractivity contribution in [2.75, 3.05) is 10.6 Å². The van der Waals surface area contributed by atoms with Crippen molar-refractivity contribution < 1.29 is 19.8 Å². The first-order valence-corrected chi connectivity index (χ1v) is 9.04. The van der Waals surface area contributed by atoms with E-state index in [-0.39, 0.29) is 11.3 Å². The van der Waals surface area contributed by atoms with E-state index in [1.54, 1.807) is 48.5 Å². The van der Waals surface area contributed by atoms with Crippen LogP contribution in [0.25, 0.3) is 0 Å². The molecule has 6 nitrogen and oxygen atoms in total. The second-order valence-corrected chi connectivity index (χ2v) is 7.02. The molecule has 2 atom stereocenters. The van der Waals surface area contributed by atoms with Gasteiger partial charge in [0.15, 0.2) is 0 Å². The Balaban J connectivity index is 1.94. The summed E-state index contributed by atoms with van der Waals surface area (Å²) in [7, 11) is 0. The molecule has 144 valence electrons. The standard InChI is InChI=1S/C20H16Cl2N2O4/c21-11-3-1-5-13(7-11)23-17-9-16(20(27)28)18(10-15(17)19(25)26)24-14-6-2-4-12(22)8-14/h1-10,15,17,23-24H,(H,25,26)(H,27,28). The number of rotatable bonds is 6. The molecule has 1 aliphatic carbocycles. The van der Waals surface area contributed by atoms with E-state index in [9.17, 15) is 19.8 Å². The van der Waals surface area contributed by atoms with Gasteiger partial charge in [0.2, 0.25) is 0 Å². The Bertz CT molecular complexity index is 988. The van der Waals surface area contributed by atoms with Crippen molar-refractivity contribution in [2.24, 2.45) is 5.92 Å². The van der Waals surface area contributed by atoms with Crippen LogP contribution in [0.2, 0.25) is 10.0 Å². The fraction of sp³-hybridized carbons (Fsp3) is 0.100. The predicted molar refractivity (Wildman–Crippen MR) is 109 cm³/mol. The zero-order chi connectivity index (χ0) is 20.3. The zero-order valence-electron chi connectivity index (χ0n) is 14.4. The Morgan fingerprint density at radius 2 is 1.50 bits per heavy atom. The maximum atomic E-state index is 11.8. The van der Waals surface area contributed by atoms with E-state index >= 15 is 0 Å². The fourth-order valence-electron chi connectivity index (χ4n) is 2.89. The third-order valence-corrected chi connectivity index (χ3v) is 4.62. The number of aliphatic carboxylic acids is 2. The van der Waals surface area contributed by atoms with E-state index < -0.39 is 23.9 Å². The molecule has 8 heteroatoms. The van der Waals surface area contributed by atoms with Gasteiger partial charge in [-0.1, -0.05) is 35.3 Å². The van der Waals surface area contributed by atoms with Gasteiger partial charge in [0.25, 0.3) is 0 Å². The number of nitrogens with one attached hydrogen (secondary N) is 2. The minimum atomic E-state index is -1.18. The van der Waals surface area contributed by atoms with Gasteiger partial charge in [-0.15, -0.1) is 0 Å².